The molecule has 1 aromatic heterocycles. The molecule has 1 aliphatic rings. The second-order valence-corrected chi connectivity index (χ2v) is 11.9. The predicted octanol–water partition coefficient (Wildman–Crippen LogP) is 5.10. The van der Waals surface area contributed by atoms with Crippen molar-refractivity contribution in [2.45, 2.75) is 25.3 Å². The summed E-state index contributed by atoms with van der Waals surface area (Å²) in [6.45, 7) is 2.09. The van der Waals surface area contributed by atoms with Crippen LogP contribution in [0, 0.1) is 11.3 Å². The molecule has 1 unspecified atom stereocenters. The fourth-order valence-corrected chi connectivity index (χ4v) is 6.17. The lowest BCUT2D eigenvalue weighted by Crippen LogP contribution is -2.35. The van der Waals surface area contributed by atoms with Crippen LogP contribution in [-0.2, 0) is 16.0 Å². The third-order valence-corrected chi connectivity index (χ3v) is 8.68. The minimum Gasteiger partial charge on any atom is -0.481 e. The number of rotatable bonds is 10. The maximum absolute atomic E-state index is 13.4. The summed E-state index contributed by atoms with van der Waals surface area (Å²) in [5.41, 5.74) is 3.28. The van der Waals surface area contributed by atoms with E-state index in [1.54, 1.807) is 59.5 Å². The molecule has 3 N–H and O–H groups in total. The normalized spacial score (nSPS) is 13.6. The lowest BCUT2D eigenvalue weighted by molar-refractivity contribution is -0.137. The van der Waals surface area contributed by atoms with E-state index in [2.05, 4.69) is 21.6 Å². The van der Waals surface area contributed by atoms with Crippen LogP contribution in [0.2, 0.25) is 0 Å². The van der Waals surface area contributed by atoms with Gasteiger partial charge in [0.25, 0.3) is 11.8 Å². The largest absolute Gasteiger partial charge is 0.481 e. The van der Waals surface area contributed by atoms with E-state index in [1.165, 1.54) is 11.3 Å². The average molecular weight is 636 g/mol. The molecule has 3 aromatic carbocycles. The molecule has 10 nitrogen and oxygen atoms in total. The van der Waals surface area contributed by atoms with Crippen molar-refractivity contribution in [3.63, 3.8) is 0 Å². The number of nitrogens with one attached hydrogen (secondary N) is 2. The van der Waals surface area contributed by atoms with Crippen molar-refractivity contribution in [3.05, 3.63) is 117 Å². The number of aliphatic carboxylic acids is 1. The number of nitriles is 1. The molecular weight excluding hydrogens is 602 g/mol. The molecule has 234 valence electrons. The van der Waals surface area contributed by atoms with Crippen LogP contribution >= 0.6 is 11.3 Å². The van der Waals surface area contributed by atoms with Gasteiger partial charge in [-0.15, -0.1) is 11.3 Å². The predicted molar refractivity (Wildman–Crippen MR) is 176 cm³/mol. The van der Waals surface area contributed by atoms with E-state index in [4.69, 9.17) is 5.26 Å². The number of carboxylic acid groups (broad SMARTS) is 1. The Kier molecular flexibility index (Phi) is 10.4. The van der Waals surface area contributed by atoms with Crippen LogP contribution in [0.3, 0.4) is 0 Å². The Balaban J connectivity index is 1.37. The number of hydrogen-bond acceptors (Lipinski definition) is 7. The van der Waals surface area contributed by atoms with E-state index in [9.17, 15) is 24.3 Å². The molecule has 0 saturated carbocycles. The number of benzene rings is 3. The van der Waals surface area contributed by atoms with Gasteiger partial charge in [-0.05, 0) is 65.9 Å². The van der Waals surface area contributed by atoms with Gasteiger partial charge in [-0.1, -0.05) is 36.4 Å². The maximum atomic E-state index is 13.4. The Hall–Kier alpha value is -5.47. The van der Waals surface area contributed by atoms with E-state index in [0.29, 0.717) is 55.1 Å². The zero-order valence-electron chi connectivity index (χ0n) is 25.0. The van der Waals surface area contributed by atoms with Crippen LogP contribution < -0.4 is 15.5 Å². The number of carboxylic acids is 1. The fourth-order valence-electron chi connectivity index (χ4n) is 5.39. The van der Waals surface area contributed by atoms with Gasteiger partial charge in [0.2, 0.25) is 5.91 Å². The molecule has 11 heteroatoms. The molecule has 46 heavy (non-hydrogen) atoms. The Morgan fingerprint density at radius 1 is 0.891 bits per heavy atom. The Morgan fingerprint density at radius 2 is 1.65 bits per heavy atom. The molecule has 1 aliphatic heterocycles. The van der Waals surface area contributed by atoms with Gasteiger partial charge in [0, 0.05) is 42.2 Å². The second kappa shape index (κ2) is 15.0. The average Bonchev–Trinajstić information content (AvgIpc) is 3.49. The van der Waals surface area contributed by atoms with E-state index in [0.717, 1.165) is 10.4 Å². The number of anilines is 2. The SMILES string of the molecule is N#Cc1ccc(C(=O)N2CCCN(c3ccc(C(=O)NC(CC(=O)O)c4cccs4)cc3NC(=O)Cc3ccccc3)CC2)cc1. The number of hydrogen-bond donors (Lipinski definition) is 3. The molecule has 0 bridgehead atoms. The zero-order valence-corrected chi connectivity index (χ0v) is 25.8. The van der Waals surface area contributed by atoms with Gasteiger partial charge in [0.1, 0.15) is 0 Å². The summed E-state index contributed by atoms with van der Waals surface area (Å²) in [7, 11) is 0. The van der Waals surface area contributed by atoms with Crippen LogP contribution in [0.25, 0.3) is 0 Å². The molecule has 0 spiro atoms. The molecule has 1 atom stereocenters. The van der Waals surface area contributed by atoms with E-state index in [1.807, 2.05) is 35.7 Å². The first kappa shape index (κ1) is 31.9. The number of nitrogens with zero attached hydrogens (tertiary/aromatic N) is 3. The van der Waals surface area contributed by atoms with Crippen molar-refractivity contribution < 1.29 is 24.3 Å². The first-order valence-corrected chi connectivity index (χ1v) is 15.8. The maximum Gasteiger partial charge on any atom is 0.305 e. The molecular formula is C35H33N5O5S. The highest BCUT2D eigenvalue weighted by molar-refractivity contribution is 7.10. The van der Waals surface area contributed by atoms with Gasteiger partial charge in [-0.2, -0.15) is 5.26 Å². The van der Waals surface area contributed by atoms with Crippen molar-refractivity contribution in [2.75, 3.05) is 36.4 Å². The highest BCUT2D eigenvalue weighted by atomic mass is 32.1. The molecule has 4 aromatic rings. The second-order valence-electron chi connectivity index (χ2n) is 10.9. The minimum atomic E-state index is -1.03. The van der Waals surface area contributed by atoms with Crippen LogP contribution in [0.15, 0.2) is 90.3 Å². The monoisotopic (exact) mass is 635 g/mol. The summed E-state index contributed by atoms with van der Waals surface area (Å²) in [4.78, 5) is 56.0. The van der Waals surface area contributed by atoms with Crippen LogP contribution in [0.4, 0.5) is 11.4 Å². The van der Waals surface area contributed by atoms with Crippen LogP contribution in [-0.4, -0.2) is 59.9 Å². The highest BCUT2D eigenvalue weighted by Crippen LogP contribution is 2.30. The molecule has 0 aliphatic carbocycles. The Labute approximate surface area is 270 Å². The standard InChI is InChI=1S/C35H33N5O5S/c36-23-25-9-11-26(12-10-25)35(45)40-16-5-15-39(17-18-40)30-14-13-27(21-28(30)37-32(41)20-24-6-2-1-3-7-24)34(44)38-29(22-33(42)43)31-8-4-19-46-31/h1-4,6-14,19,21,29H,5,15-18,20,22H2,(H,37,41)(H,38,44)(H,42,43). The van der Waals surface area contributed by atoms with Crippen molar-refractivity contribution in [1.82, 2.24) is 10.2 Å². The number of thiophene rings is 1. The first-order chi connectivity index (χ1) is 22.3. The van der Waals surface area contributed by atoms with E-state index < -0.39 is 17.9 Å². The van der Waals surface area contributed by atoms with Gasteiger partial charge < -0.3 is 25.5 Å². The molecule has 5 rings (SSSR count). The van der Waals surface area contributed by atoms with Gasteiger partial charge in [-0.3, -0.25) is 19.2 Å². The molecule has 2 heterocycles. The lowest BCUT2D eigenvalue weighted by atomic mass is 10.1. The molecule has 1 fully saturated rings. The van der Waals surface area contributed by atoms with Crippen LogP contribution in [0.5, 0.6) is 0 Å². The molecule has 3 amide bonds. The smallest absolute Gasteiger partial charge is 0.305 e. The zero-order chi connectivity index (χ0) is 32.5. The van der Waals surface area contributed by atoms with Crippen molar-refractivity contribution in [2.24, 2.45) is 0 Å². The van der Waals surface area contributed by atoms with E-state index >= 15 is 0 Å². The van der Waals surface area contributed by atoms with Gasteiger partial charge in [0.15, 0.2) is 0 Å². The van der Waals surface area contributed by atoms with E-state index in [-0.39, 0.29) is 30.2 Å². The Bertz CT molecular complexity index is 1740. The quantitative estimate of drug-likeness (QED) is 0.220. The van der Waals surface area contributed by atoms with Gasteiger partial charge in [-0.25, -0.2) is 0 Å². The number of amides is 3. The first-order valence-electron chi connectivity index (χ1n) is 14.9. The number of carbonyl (C=O) groups excluding carboxylic acids is 3. The fraction of sp³-hybridized carbons (Fsp3) is 0.229. The minimum absolute atomic E-state index is 0.114. The summed E-state index contributed by atoms with van der Waals surface area (Å²) < 4.78 is 0. The lowest BCUT2D eigenvalue weighted by Gasteiger charge is -2.27. The van der Waals surface area contributed by atoms with Crippen molar-refractivity contribution in [1.29, 1.82) is 5.26 Å². The number of carbonyl (C=O) groups is 4. The summed E-state index contributed by atoms with van der Waals surface area (Å²) in [5, 5.41) is 26.2. The third kappa shape index (κ3) is 8.16. The summed E-state index contributed by atoms with van der Waals surface area (Å²) in [6, 6.07) is 25.9. The third-order valence-electron chi connectivity index (χ3n) is 7.70. The topological polar surface area (TPSA) is 143 Å². The summed E-state index contributed by atoms with van der Waals surface area (Å²) >= 11 is 1.37. The summed E-state index contributed by atoms with van der Waals surface area (Å²) in [6.07, 6.45) is 0.554. The van der Waals surface area contributed by atoms with Gasteiger partial charge in [0.05, 0.1) is 41.9 Å². The summed E-state index contributed by atoms with van der Waals surface area (Å²) in [5.74, 6) is -1.85. The molecule has 1 saturated heterocycles. The highest BCUT2D eigenvalue weighted by Gasteiger charge is 2.24. The van der Waals surface area contributed by atoms with Crippen molar-refractivity contribution >= 4 is 46.4 Å². The Morgan fingerprint density at radius 3 is 2.35 bits per heavy atom. The molecule has 0 radical (unpaired) electrons. The van der Waals surface area contributed by atoms with Crippen molar-refractivity contribution in [3.8, 4) is 6.07 Å². The van der Waals surface area contributed by atoms with Crippen LogP contribution in [0.1, 0.15) is 55.6 Å². The van der Waals surface area contributed by atoms with Gasteiger partial charge >= 0.3 is 5.97 Å².